The van der Waals surface area contributed by atoms with Gasteiger partial charge in [-0.2, -0.15) is 0 Å². The van der Waals surface area contributed by atoms with Gasteiger partial charge in [-0.1, -0.05) is 65.3 Å². The van der Waals surface area contributed by atoms with Crippen LogP contribution in [-0.4, -0.2) is 14.8 Å². The maximum atomic E-state index is 6.27. The molecule has 0 saturated carbocycles. The zero-order chi connectivity index (χ0) is 16.4. The highest BCUT2D eigenvalue weighted by atomic mass is 35.5. The number of benzene rings is 2. The molecule has 6 heteroatoms. The Morgan fingerprint density at radius 1 is 0.957 bits per heavy atom. The lowest BCUT2D eigenvalue weighted by Gasteiger charge is -2.12. The molecule has 0 N–H and O–H groups in total. The molecular formula is C17H15Cl2N3S. The minimum absolute atomic E-state index is 0.172. The van der Waals surface area contributed by atoms with Gasteiger partial charge in [0.1, 0.15) is 0 Å². The van der Waals surface area contributed by atoms with Crippen LogP contribution in [0, 0.1) is 0 Å². The van der Waals surface area contributed by atoms with Gasteiger partial charge in [-0.3, -0.25) is 0 Å². The maximum absolute atomic E-state index is 6.27. The number of hydrogen-bond acceptors (Lipinski definition) is 3. The smallest absolute Gasteiger partial charge is 0.191 e. The predicted octanol–water partition coefficient (Wildman–Crippen LogP) is 5.64. The van der Waals surface area contributed by atoms with Crippen molar-refractivity contribution in [3.63, 3.8) is 0 Å². The fraction of sp³-hybridized carbons (Fsp3) is 0.176. The second-order valence-electron chi connectivity index (χ2n) is 5.13. The SMILES string of the molecule is C[C@H](Sc1nnc(-c2ccccc2Cl)n1C)c1ccccc1Cl. The molecule has 1 atom stereocenters. The van der Waals surface area contributed by atoms with E-state index in [4.69, 9.17) is 23.2 Å². The van der Waals surface area contributed by atoms with Gasteiger partial charge >= 0.3 is 0 Å². The first kappa shape index (κ1) is 16.4. The van der Waals surface area contributed by atoms with Gasteiger partial charge in [-0.15, -0.1) is 10.2 Å². The van der Waals surface area contributed by atoms with Crippen LogP contribution in [0.3, 0.4) is 0 Å². The van der Waals surface area contributed by atoms with E-state index in [-0.39, 0.29) is 5.25 Å². The summed E-state index contributed by atoms with van der Waals surface area (Å²) in [4.78, 5) is 0. The Balaban J connectivity index is 1.89. The number of aromatic nitrogens is 3. The topological polar surface area (TPSA) is 30.7 Å². The van der Waals surface area contributed by atoms with E-state index in [1.54, 1.807) is 11.8 Å². The predicted molar refractivity (Wildman–Crippen MR) is 97.2 cm³/mol. The van der Waals surface area contributed by atoms with Crippen LogP contribution in [0.5, 0.6) is 0 Å². The Kier molecular flexibility index (Phi) is 4.95. The highest BCUT2D eigenvalue weighted by molar-refractivity contribution is 7.99. The molecular weight excluding hydrogens is 349 g/mol. The van der Waals surface area contributed by atoms with Crippen LogP contribution >= 0.6 is 35.0 Å². The molecule has 0 unspecified atom stereocenters. The van der Waals surface area contributed by atoms with Crippen molar-refractivity contribution in [3.05, 3.63) is 64.1 Å². The van der Waals surface area contributed by atoms with Crippen molar-refractivity contribution in [2.75, 3.05) is 0 Å². The molecule has 0 radical (unpaired) electrons. The van der Waals surface area contributed by atoms with Crippen LogP contribution in [0.2, 0.25) is 10.0 Å². The van der Waals surface area contributed by atoms with Gasteiger partial charge in [0.05, 0.1) is 5.02 Å². The molecule has 0 fully saturated rings. The summed E-state index contributed by atoms with van der Waals surface area (Å²) in [6.45, 7) is 2.11. The molecule has 23 heavy (non-hydrogen) atoms. The number of halogens is 2. The van der Waals surface area contributed by atoms with Gasteiger partial charge in [-0.05, 0) is 30.7 Å². The lowest BCUT2D eigenvalue weighted by Crippen LogP contribution is -1.97. The highest BCUT2D eigenvalue weighted by Gasteiger charge is 2.17. The molecule has 0 bridgehead atoms. The lowest BCUT2D eigenvalue weighted by atomic mass is 10.2. The van der Waals surface area contributed by atoms with Crippen LogP contribution < -0.4 is 0 Å². The van der Waals surface area contributed by atoms with E-state index < -0.39 is 0 Å². The number of hydrogen-bond donors (Lipinski definition) is 0. The molecule has 0 aliphatic rings. The Morgan fingerprint density at radius 2 is 1.61 bits per heavy atom. The van der Waals surface area contributed by atoms with E-state index in [0.717, 1.165) is 27.1 Å². The van der Waals surface area contributed by atoms with E-state index in [1.807, 2.05) is 60.1 Å². The summed E-state index contributed by atoms with van der Waals surface area (Å²) in [5.74, 6) is 0.754. The number of nitrogens with zero attached hydrogens (tertiary/aromatic N) is 3. The van der Waals surface area contributed by atoms with Crippen LogP contribution in [0.15, 0.2) is 53.7 Å². The molecule has 1 heterocycles. The third-order valence-electron chi connectivity index (χ3n) is 3.58. The van der Waals surface area contributed by atoms with E-state index in [9.17, 15) is 0 Å². The number of rotatable bonds is 4. The second kappa shape index (κ2) is 6.95. The Morgan fingerprint density at radius 3 is 2.30 bits per heavy atom. The van der Waals surface area contributed by atoms with E-state index >= 15 is 0 Å². The minimum atomic E-state index is 0.172. The standard InChI is InChI=1S/C17H15Cl2N3S/c1-11(12-7-3-5-9-14(12)18)23-17-21-20-16(22(17)2)13-8-4-6-10-15(13)19/h3-11H,1-2H3/t11-/m0/s1. The first-order valence-corrected chi connectivity index (χ1v) is 8.77. The van der Waals surface area contributed by atoms with Crippen molar-refractivity contribution in [2.24, 2.45) is 7.05 Å². The fourth-order valence-corrected chi connectivity index (χ4v) is 3.89. The monoisotopic (exact) mass is 363 g/mol. The average Bonchev–Trinajstić information content (AvgIpc) is 2.89. The summed E-state index contributed by atoms with van der Waals surface area (Å²) in [6, 6.07) is 15.5. The van der Waals surface area contributed by atoms with Crippen molar-refractivity contribution < 1.29 is 0 Å². The molecule has 0 aliphatic heterocycles. The van der Waals surface area contributed by atoms with Crippen molar-refractivity contribution in [2.45, 2.75) is 17.3 Å². The Hall–Kier alpha value is -1.49. The number of thioether (sulfide) groups is 1. The zero-order valence-electron chi connectivity index (χ0n) is 12.7. The molecule has 3 aromatic rings. The molecule has 3 rings (SSSR count). The summed E-state index contributed by atoms with van der Waals surface area (Å²) in [5, 5.41) is 11.0. The normalized spacial score (nSPS) is 12.3. The van der Waals surface area contributed by atoms with Gasteiger partial charge in [0.25, 0.3) is 0 Å². The first-order chi connectivity index (χ1) is 11.1. The van der Waals surface area contributed by atoms with Crippen molar-refractivity contribution in [1.82, 2.24) is 14.8 Å². The molecule has 3 nitrogen and oxygen atoms in total. The Labute approximate surface area is 149 Å². The summed E-state index contributed by atoms with van der Waals surface area (Å²) in [6.07, 6.45) is 0. The van der Waals surface area contributed by atoms with Crippen LogP contribution in [-0.2, 0) is 7.05 Å². The Bertz CT molecular complexity index is 832. The van der Waals surface area contributed by atoms with Crippen molar-refractivity contribution >= 4 is 35.0 Å². The third-order valence-corrected chi connectivity index (χ3v) is 5.42. The van der Waals surface area contributed by atoms with Crippen molar-refractivity contribution in [1.29, 1.82) is 0 Å². The lowest BCUT2D eigenvalue weighted by molar-refractivity contribution is 0.790. The molecule has 118 valence electrons. The van der Waals surface area contributed by atoms with Crippen LogP contribution in [0.25, 0.3) is 11.4 Å². The van der Waals surface area contributed by atoms with Crippen molar-refractivity contribution in [3.8, 4) is 11.4 Å². The minimum Gasteiger partial charge on any atom is -0.305 e. The van der Waals surface area contributed by atoms with E-state index in [1.165, 1.54) is 0 Å². The molecule has 2 aromatic carbocycles. The summed E-state index contributed by atoms with van der Waals surface area (Å²) < 4.78 is 1.96. The molecule has 1 aromatic heterocycles. The van der Waals surface area contributed by atoms with Gasteiger partial charge < -0.3 is 4.57 Å². The first-order valence-electron chi connectivity index (χ1n) is 7.13. The van der Waals surface area contributed by atoms with E-state index in [2.05, 4.69) is 17.1 Å². The summed E-state index contributed by atoms with van der Waals surface area (Å²) >= 11 is 14.2. The molecule has 0 aliphatic carbocycles. The van der Waals surface area contributed by atoms with Gasteiger partial charge in [-0.25, -0.2) is 0 Å². The summed E-state index contributed by atoms with van der Waals surface area (Å²) in [5.41, 5.74) is 1.96. The maximum Gasteiger partial charge on any atom is 0.191 e. The molecule has 0 spiro atoms. The van der Waals surface area contributed by atoms with Gasteiger partial charge in [0.2, 0.25) is 0 Å². The van der Waals surface area contributed by atoms with Crippen LogP contribution in [0.4, 0.5) is 0 Å². The second-order valence-corrected chi connectivity index (χ2v) is 7.25. The molecule has 0 saturated heterocycles. The average molecular weight is 364 g/mol. The molecule has 0 amide bonds. The zero-order valence-corrected chi connectivity index (χ0v) is 15.0. The fourth-order valence-electron chi connectivity index (χ4n) is 2.32. The van der Waals surface area contributed by atoms with E-state index in [0.29, 0.717) is 5.02 Å². The highest BCUT2D eigenvalue weighted by Crippen LogP contribution is 2.38. The largest absolute Gasteiger partial charge is 0.305 e. The quantitative estimate of drug-likeness (QED) is 0.561. The third kappa shape index (κ3) is 3.39. The van der Waals surface area contributed by atoms with Crippen LogP contribution in [0.1, 0.15) is 17.7 Å². The summed E-state index contributed by atoms with van der Waals surface area (Å²) in [7, 11) is 1.94. The van der Waals surface area contributed by atoms with Gasteiger partial charge in [0, 0.05) is 22.9 Å². The van der Waals surface area contributed by atoms with Gasteiger partial charge in [0.15, 0.2) is 11.0 Å².